The lowest BCUT2D eigenvalue weighted by Gasteiger charge is -2.56. The molecule has 0 aromatic heterocycles. The van der Waals surface area contributed by atoms with Gasteiger partial charge in [0.05, 0.1) is 5.60 Å². The van der Waals surface area contributed by atoms with E-state index in [0.717, 1.165) is 41.5 Å². The van der Waals surface area contributed by atoms with Gasteiger partial charge in [0, 0.05) is 11.0 Å². The van der Waals surface area contributed by atoms with Crippen LogP contribution in [0, 0.1) is 5.41 Å². The first-order chi connectivity index (χ1) is 17.4. The fourth-order valence-electron chi connectivity index (χ4n) is 4.52. The van der Waals surface area contributed by atoms with E-state index in [-0.39, 0.29) is 5.57 Å². The summed E-state index contributed by atoms with van der Waals surface area (Å²) < 4.78 is 140. The van der Waals surface area contributed by atoms with Gasteiger partial charge in [-0.05, 0) is 69.2 Å². The molecular weight excluding hydrogens is 579 g/mol. The topological polar surface area (TPSA) is 85.2 Å². The zero-order valence-corrected chi connectivity index (χ0v) is 25.2. The van der Waals surface area contributed by atoms with Gasteiger partial charge in [-0.2, -0.15) is 39.5 Å². The van der Waals surface area contributed by atoms with Crippen LogP contribution in [0.1, 0.15) is 83.1 Å². The Kier molecular flexibility index (Phi) is 10.4. The average Bonchev–Trinajstić information content (AvgIpc) is 2.66. The monoisotopic (exact) mass is 620 g/mol. The van der Waals surface area contributed by atoms with Crippen LogP contribution in [0.3, 0.4) is 0 Å². The minimum Gasteiger partial charge on any atom is -0.455 e. The van der Waals surface area contributed by atoms with Crippen molar-refractivity contribution in [1.82, 2.24) is 0 Å². The van der Waals surface area contributed by atoms with Crippen LogP contribution in [0.15, 0.2) is 12.2 Å². The maximum Gasteiger partial charge on any atom is 0.429 e. The van der Waals surface area contributed by atoms with E-state index in [1.165, 1.54) is 20.8 Å². The van der Waals surface area contributed by atoms with Crippen molar-refractivity contribution in [1.29, 1.82) is 0 Å². The largest absolute Gasteiger partial charge is 0.455 e. The van der Waals surface area contributed by atoms with Gasteiger partial charge in [0.2, 0.25) is 0 Å². The number of aliphatic hydroxyl groups is 2. The summed E-state index contributed by atoms with van der Waals surface area (Å²) in [6.07, 6.45) is -19.5. The molecule has 0 heterocycles. The zero-order chi connectivity index (χ0) is 33.9. The predicted molar refractivity (Wildman–Crippen MR) is 131 cm³/mol. The van der Waals surface area contributed by atoms with Gasteiger partial charge >= 0.3 is 24.5 Å². The molecule has 15 heteroatoms. The molecule has 41 heavy (non-hydrogen) atoms. The second-order valence-electron chi connectivity index (χ2n) is 12.9. The second kappa shape index (κ2) is 10.8. The Bertz CT molecular complexity index is 957. The van der Waals surface area contributed by atoms with Gasteiger partial charge in [-0.25, -0.2) is 4.79 Å². The van der Waals surface area contributed by atoms with Gasteiger partial charge in [0.1, 0.15) is 22.9 Å². The van der Waals surface area contributed by atoms with E-state index in [0.29, 0.717) is 20.8 Å². The molecule has 0 saturated carbocycles. The Morgan fingerprint density at radius 2 is 1.00 bits per heavy atom. The summed E-state index contributed by atoms with van der Waals surface area (Å²) in [6, 6.07) is 0. The van der Waals surface area contributed by atoms with Crippen LogP contribution < -0.4 is 0 Å². The molecule has 0 fully saturated rings. The van der Waals surface area contributed by atoms with Crippen LogP contribution in [-0.4, -0.2) is 74.4 Å². The van der Waals surface area contributed by atoms with Crippen LogP contribution in [0.2, 0.25) is 0 Å². The molecule has 0 aromatic rings. The molecule has 0 radical (unpaired) electrons. The van der Waals surface area contributed by atoms with Gasteiger partial charge in [-0.15, -0.1) is 0 Å². The van der Waals surface area contributed by atoms with Crippen LogP contribution in [0.25, 0.3) is 0 Å². The summed E-state index contributed by atoms with van der Waals surface area (Å²) in [5, 5.41) is 20.4. The fraction of sp³-hybridized carbons (Fsp3) is 0.885. The normalized spacial score (nSPS) is 17.6. The van der Waals surface area contributed by atoms with E-state index in [9.17, 15) is 54.5 Å². The van der Waals surface area contributed by atoms with Gasteiger partial charge in [0.15, 0.2) is 5.60 Å². The Balaban J connectivity index is 7.12. The van der Waals surface area contributed by atoms with Crippen LogP contribution in [-0.2, 0) is 19.0 Å². The molecule has 2 atom stereocenters. The van der Waals surface area contributed by atoms with E-state index in [4.69, 9.17) is 14.2 Å². The highest BCUT2D eigenvalue weighted by Crippen LogP contribution is 2.55. The van der Waals surface area contributed by atoms with Gasteiger partial charge in [-0.3, -0.25) is 0 Å². The third kappa shape index (κ3) is 7.15. The number of hydrogen-bond donors (Lipinski definition) is 2. The van der Waals surface area contributed by atoms with Crippen molar-refractivity contribution in [2.24, 2.45) is 5.41 Å². The highest BCUT2D eigenvalue weighted by Gasteiger charge is 2.78. The molecule has 0 rings (SSSR count). The molecule has 0 spiro atoms. The molecule has 0 aromatic carbocycles. The molecule has 2 unspecified atom stereocenters. The quantitative estimate of drug-likeness (QED) is 0.150. The number of ether oxygens (including phenoxy) is 3. The molecule has 0 saturated heterocycles. The maximum absolute atomic E-state index is 13.7. The van der Waals surface area contributed by atoms with E-state index < -0.39 is 69.6 Å². The van der Waals surface area contributed by atoms with Gasteiger partial charge in [-0.1, -0.05) is 20.4 Å². The molecule has 0 bridgehead atoms. The fourth-order valence-corrected chi connectivity index (χ4v) is 4.52. The van der Waals surface area contributed by atoms with E-state index >= 15 is 0 Å². The lowest BCUT2D eigenvalue weighted by molar-refractivity contribution is -0.424. The summed E-state index contributed by atoms with van der Waals surface area (Å²) in [5.74, 6) is -1.11. The van der Waals surface area contributed by atoms with Crippen molar-refractivity contribution >= 4 is 5.97 Å². The number of halogens is 9. The third-order valence-electron chi connectivity index (χ3n) is 7.86. The van der Waals surface area contributed by atoms with Crippen LogP contribution >= 0.6 is 0 Å². The predicted octanol–water partition coefficient (Wildman–Crippen LogP) is 6.82. The van der Waals surface area contributed by atoms with E-state index in [1.807, 2.05) is 0 Å². The maximum atomic E-state index is 13.7. The van der Waals surface area contributed by atoms with Crippen LogP contribution in [0.5, 0.6) is 0 Å². The Morgan fingerprint density at radius 3 is 1.29 bits per heavy atom. The minimum atomic E-state index is -6.25. The summed E-state index contributed by atoms with van der Waals surface area (Å²) in [6.45, 7) is 14.4. The highest BCUT2D eigenvalue weighted by molar-refractivity contribution is 5.87. The Labute approximate surface area is 234 Å². The van der Waals surface area contributed by atoms with Crippen LogP contribution in [0.4, 0.5) is 39.5 Å². The second-order valence-corrected chi connectivity index (χ2v) is 12.9. The standard InChI is InChI=1S/C26H41F9O6/c1-14(2)15(36)39-16(18(5,6)40-20(9,10)22(13,37)24(27,28)29)17(3,4)19(7,8)41-21(11,12)23(38,25(30,31)32)26(33,34)35/h16,37-38H,1H2,2-13H3. The van der Waals surface area contributed by atoms with Gasteiger partial charge < -0.3 is 24.4 Å². The molecule has 2 N–H and O–H groups in total. The first-order valence-corrected chi connectivity index (χ1v) is 12.3. The first-order valence-electron chi connectivity index (χ1n) is 12.3. The number of hydrogen-bond acceptors (Lipinski definition) is 6. The summed E-state index contributed by atoms with van der Waals surface area (Å²) in [7, 11) is 0. The van der Waals surface area contributed by atoms with E-state index in [1.54, 1.807) is 0 Å². The minimum absolute atomic E-state index is 0.203. The molecular formula is C26H41F9O6. The molecule has 244 valence electrons. The Morgan fingerprint density at radius 1 is 0.634 bits per heavy atom. The average molecular weight is 621 g/mol. The lowest BCUT2D eigenvalue weighted by atomic mass is 9.67. The molecule has 6 nitrogen and oxygen atoms in total. The summed E-state index contributed by atoms with van der Waals surface area (Å²) >= 11 is 0. The summed E-state index contributed by atoms with van der Waals surface area (Å²) in [5.41, 5.74) is -21.0. The smallest absolute Gasteiger partial charge is 0.429 e. The third-order valence-corrected chi connectivity index (χ3v) is 7.86. The number of alkyl halides is 9. The Hall–Kier alpha value is -1.58. The molecule has 0 aliphatic carbocycles. The molecule has 0 aliphatic heterocycles. The van der Waals surface area contributed by atoms with E-state index in [2.05, 4.69) is 6.58 Å². The van der Waals surface area contributed by atoms with Gasteiger partial charge in [0.25, 0.3) is 5.60 Å². The number of carbonyl (C=O) groups is 1. The first kappa shape index (κ1) is 39.4. The highest BCUT2D eigenvalue weighted by atomic mass is 19.4. The lowest BCUT2D eigenvalue weighted by Crippen LogP contribution is -2.72. The van der Waals surface area contributed by atoms with Crippen molar-refractivity contribution in [3.8, 4) is 0 Å². The van der Waals surface area contributed by atoms with Crippen molar-refractivity contribution < 1.29 is 68.7 Å². The van der Waals surface area contributed by atoms with Crippen molar-refractivity contribution in [3.63, 3.8) is 0 Å². The molecule has 0 aliphatic rings. The number of rotatable bonds is 11. The number of esters is 1. The molecule has 0 amide bonds. The van der Waals surface area contributed by atoms with Crippen molar-refractivity contribution in [2.75, 3.05) is 0 Å². The van der Waals surface area contributed by atoms with Crippen molar-refractivity contribution in [2.45, 2.75) is 141 Å². The summed E-state index contributed by atoms with van der Waals surface area (Å²) in [4.78, 5) is 12.6. The zero-order valence-electron chi connectivity index (χ0n) is 25.2. The van der Waals surface area contributed by atoms with Crippen molar-refractivity contribution in [3.05, 3.63) is 12.2 Å². The number of carbonyl (C=O) groups excluding carboxylic acids is 1. The SMILES string of the molecule is C=C(C)C(=O)OC(C(C)(C)OC(C)(C)C(C)(O)C(F)(F)F)C(C)(C)C(C)(C)OC(C)(C)C(O)(C(F)(F)F)C(F)(F)F.